The maximum Gasteiger partial charge on any atom is 0.335 e. The van der Waals surface area contributed by atoms with Crippen LogP contribution in [0.25, 0.3) is 0 Å². The van der Waals surface area contributed by atoms with Crippen molar-refractivity contribution in [2.45, 2.75) is 19.4 Å². The molecule has 0 saturated heterocycles. The van der Waals surface area contributed by atoms with Crippen molar-refractivity contribution in [2.75, 3.05) is 6.54 Å². The molecule has 1 amide bonds. The van der Waals surface area contributed by atoms with E-state index >= 15 is 0 Å². The number of benzene rings is 1. The Hall–Kier alpha value is -2.14. The first-order valence-corrected chi connectivity index (χ1v) is 7.67. The highest BCUT2D eigenvalue weighted by Gasteiger charge is 2.22. The Kier molecular flexibility index (Phi) is 3.75. The van der Waals surface area contributed by atoms with Gasteiger partial charge in [0.1, 0.15) is 0 Å². The first-order valence-electron chi connectivity index (χ1n) is 6.79. The van der Waals surface area contributed by atoms with Crippen LogP contribution in [0.2, 0.25) is 0 Å². The molecule has 0 saturated carbocycles. The molecule has 0 bridgehead atoms. The smallest absolute Gasteiger partial charge is 0.335 e. The standard InChI is InChI=1S/C16H15NO3S/c18-15(9-11-3-1-2-4-13(11)16(19)20)17-7-5-14-12(10-17)6-8-21-14/h1-4,6,8H,5,7,9-10H2,(H,19,20). The highest BCUT2D eigenvalue weighted by Crippen LogP contribution is 2.24. The molecule has 108 valence electrons. The number of aromatic carboxylic acids is 1. The molecule has 0 atom stereocenters. The Balaban J connectivity index is 1.75. The lowest BCUT2D eigenvalue weighted by atomic mass is 10.0. The number of carboxylic acids is 1. The van der Waals surface area contributed by atoms with Crippen molar-refractivity contribution in [1.82, 2.24) is 4.90 Å². The normalized spacial score (nSPS) is 13.8. The van der Waals surface area contributed by atoms with Crippen molar-refractivity contribution in [1.29, 1.82) is 0 Å². The zero-order chi connectivity index (χ0) is 14.8. The average molecular weight is 301 g/mol. The summed E-state index contributed by atoms with van der Waals surface area (Å²) >= 11 is 1.73. The number of carbonyl (C=O) groups is 2. The SMILES string of the molecule is O=C(O)c1ccccc1CC(=O)N1CCc2sccc2C1. The molecular formula is C16H15NO3S. The van der Waals surface area contributed by atoms with Gasteiger partial charge < -0.3 is 10.0 Å². The molecule has 4 nitrogen and oxygen atoms in total. The molecule has 2 aromatic rings. The van der Waals surface area contributed by atoms with E-state index < -0.39 is 5.97 Å². The van der Waals surface area contributed by atoms with Gasteiger partial charge in [-0.3, -0.25) is 4.79 Å². The zero-order valence-corrected chi connectivity index (χ0v) is 12.2. The van der Waals surface area contributed by atoms with Gasteiger partial charge in [0.25, 0.3) is 0 Å². The van der Waals surface area contributed by atoms with Crippen LogP contribution >= 0.6 is 11.3 Å². The Bertz CT molecular complexity index is 692. The molecule has 0 aliphatic carbocycles. The number of nitrogens with zero attached hydrogens (tertiary/aromatic N) is 1. The van der Waals surface area contributed by atoms with Crippen LogP contribution in [-0.2, 0) is 24.2 Å². The molecule has 1 N–H and O–H groups in total. The van der Waals surface area contributed by atoms with Crippen LogP contribution in [0.4, 0.5) is 0 Å². The van der Waals surface area contributed by atoms with Crippen molar-refractivity contribution in [2.24, 2.45) is 0 Å². The second kappa shape index (κ2) is 5.69. The van der Waals surface area contributed by atoms with Crippen molar-refractivity contribution in [3.05, 3.63) is 57.3 Å². The minimum Gasteiger partial charge on any atom is -0.478 e. The van der Waals surface area contributed by atoms with Gasteiger partial charge in [-0.25, -0.2) is 4.79 Å². The topological polar surface area (TPSA) is 57.6 Å². The maximum atomic E-state index is 12.4. The molecule has 1 aromatic carbocycles. The number of carbonyl (C=O) groups excluding carboxylic acids is 1. The van der Waals surface area contributed by atoms with Gasteiger partial charge in [0.15, 0.2) is 0 Å². The third-order valence-electron chi connectivity index (χ3n) is 3.75. The third kappa shape index (κ3) is 2.83. The lowest BCUT2D eigenvalue weighted by molar-refractivity contribution is -0.131. The summed E-state index contributed by atoms with van der Waals surface area (Å²) < 4.78 is 0. The fourth-order valence-electron chi connectivity index (χ4n) is 2.62. The first-order chi connectivity index (χ1) is 10.1. The maximum absolute atomic E-state index is 12.4. The van der Waals surface area contributed by atoms with Gasteiger partial charge in [-0.05, 0) is 35.1 Å². The molecule has 0 radical (unpaired) electrons. The highest BCUT2D eigenvalue weighted by atomic mass is 32.1. The number of rotatable bonds is 3. The van der Waals surface area contributed by atoms with E-state index in [1.807, 2.05) is 4.90 Å². The van der Waals surface area contributed by atoms with Gasteiger partial charge in [0, 0.05) is 18.0 Å². The number of thiophene rings is 1. The monoisotopic (exact) mass is 301 g/mol. The summed E-state index contributed by atoms with van der Waals surface area (Å²) in [6.07, 6.45) is 1.03. The van der Waals surface area contributed by atoms with Gasteiger partial charge in [0.2, 0.25) is 5.91 Å². The molecular weight excluding hydrogens is 286 g/mol. The predicted octanol–water partition coefficient (Wildman–Crippen LogP) is 2.57. The molecule has 21 heavy (non-hydrogen) atoms. The summed E-state index contributed by atoms with van der Waals surface area (Å²) in [5.74, 6) is -1.00. The Labute approximate surface area is 126 Å². The average Bonchev–Trinajstić information content (AvgIpc) is 2.94. The van der Waals surface area contributed by atoms with Crippen LogP contribution in [0.5, 0.6) is 0 Å². The van der Waals surface area contributed by atoms with Crippen molar-refractivity contribution in [3.63, 3.8) is 0 Å². The van der Waals surface area contributed by atoms with Crippen LogP contribution in [-0.4, -0.2) is 28.4 Å². The highest BCUT2D eigenvalue weighted by molar-refractivity contribution is 7.10. The summed E-state index contributed by atoms with van der Waals surface area (Å²) in [7, 11) is 0. The molecule has 0 spiro atoms. The summed E-state index contributed by atoms with van der Waals surface area (Å²) in [6.45, 7) is 1.34. The second-order valence-electron chi connectivity index (χ2n) is 5.07. The Morgan fingerprint density at radius 1 is 1.24 bits per heavy atom. The number of hydrogen-bond acceptors (Lipinski definition) is 3. The minimum absolute atomic E-state index is 0.0134. The molecule has 1 aliphatic heterocycles. The van der Waals surface area contributed by atoms with Gasteiger partial charge in [-0.1, -0.05) is 18.2 Å². The number of hydrogen-bond donors (Lipinski definition) is 1. The molecule has 1 aromatic heterocycles. The minimum atomic E-state index is -0.989. The van der Waals surface area contributed by atoms with E-state index in [2.05, 4.69) is 11.4 Å². The second-order valence-corrected chi connectivity index (χ2v) is 6.07. The summed E-state index contributed by atoms with van der Waals surface area (Å²) in [4.78, 5) is 26.8. The van der Waals surface area contributed by atoms with Gasteiger partial charge >= 0.3 is 5.97 Å². The lowest BCUT2D eigenvalue weighted by Crippen LogP contribution is -2.36. The van der Waals surface area contributed by atoms with Crippen LogP contribution in [0.1, 0.15) is 26.4 Å². The fraction of sp³-hybridized carbons (Fsp3) is 0.250. The third-order valence-corrected chi connectivity index (χ3v) is 4.77. The number of amides is 1. The van der Waals surface area contributed by atoms with Gasteiger partial charge in [-0.15, -0.1) is 11.3 Å². The first kappa shape index (κ1) is 13.8. The van der Waals surface area contributed by atoms with E-state index in [9.17, 15) is 9.59 Å². The molecule has 2 heterocycles. The zero-order valence-electron chi connectivity index (χ0n) is 11.4. The van der Waals surface area contributed by atoms with Gasteiger partial charge in [0.05, 0.1) is 12.0 Å². The summed E-state index contributed by atoms with van der Waals surface area (Å²) in [6, 6.07) is 8.75. The van der Waals surface area contributed by atoms with Crippen molar-refractivity contribution < 1.29 is 14.7 Å². The van der Waals surface area contributed by atoms with E-state index in [1.165, 1.54) is 16.5 Å². The summed E-state index contributed by atoms with van der Waals surface area (Å²) in [5.41, 5.74) is 2.00. The quantitative estimate of drug-likeness (QED) is 0.948. The Morgan fingerprint density at radius 2 is 2.05 bits per heavy atom. The van der Waals surface area contributed by atoms with Crippen LogP contribution in [0.3, 0.4) is 0 Å². The molecule has 3 rings (SSSR count). The Morgan fingerprint density at radius 3 is 2.86 bits per heavy atom. The molecule has 0 unspecified atom stereocenters. The number of carboxylic acid groups (broad SMARTS) is 1. The van der Waals surface area contributed by atoms with E-state index in [0.717, 1.165) is 6.42 Å². The van der Waals surface area contributed by atoms with Crippen LogP contribution < -0.4 is 0 Å². The van der Waals surface area contributed by atoms with E-state index in [4.69, 9.17) is 5.11 Å². The number of fused-ring (bicyclic) bond motifs is 1. The molecule has 0 fully saturated rings. The van der Waals surface area contributed by atoms with Crippen molar-refractivity contribution >= 4 is 23.2 Å². The van der Waals surface area contributed by atoms with Crippen molar-refractivity contribution in [3.8, 4) is 0 Å². The molecule has 5 heteroatoms. The lowest BCUT2D eigenvalue weighted by Gasteiger charge is -2.27. The fourth-order valence-corrected chi connectivity index (χ4v) is 3.51. The predicted molar refractivity (Wildman–Crippen MR) is 80.5 cm³/mol. The van der Waals surface area contributed by atoms with E-state index in [0.29, 0.717) is 18.7 Å². The van der Waals surface area contributed by atoms with Crippen LogP contribution in [0.15, 0.2) is 35.7 Å². The van der Waals surface area contributed by atoms with E-state index in [1.54, 1.807) is 29.5 Å². The van der Waals surface area contributed by atoms with Gasteiger partial charge in [-0.2, -0.15) is 0 Å². The van der Waals surface area contributed by atoms with Crippen LogP contribution in [0, 0.1) is 0 Å². The molecule has 1 aliphatic rings. The summed E-state index contributed by atoms with van der Waals surface area (Å²) in [5, 5.41) is 11.2. The largest absolute Gasteiger partial charge is 0.478 e. The van der Waals surface area contributed by atoms with E-state index in [-0.39, 0.29) is 17.9 Å².